The molecule has 2 N–H and O–H groups in total. The average Bonchev–Trinajstić information content (AvgIpc) is 2.48. The molecule has 1 aliphatic rings. The number of anilines is 1. The van der Waals surface area contributed by atoms with Gasteiger partial charge in [-0.15, -0.1) is 10.2 Å². The number of hydrogen-bond acceptors (Lipinski definition) is 4. The molecule has 0 aliphatic carbocycles. The zero-order valence-corrected chi connectivity index (χ0v) is 11.2. The van der Waals surface area contributed by atoms with Crippen LogP contribution in [0.25, 0.3) is 11.3 Å². The molecule has 1 aliphatic heterocycles. The summed E-state index contributed by atoms with van der Waals surface area (Å²) in [6.45, 7) is 1.82. The fourth-order valence-corrected chi connectivity index (χ4v) is 2.42. The van der Waals surface area contributed by atoms with Crippen LogP contribution in [0, 0.1) is 5.82 Å². The van der Waals surface area contributed by atoms with Crippen molar-refractivity contribution in [3.05, 3.63) is 42.2 Å². The highest BCUT2D eigenvalue weighted by Crippen LogP contribution is 2.21. The normalized spacial score (nSPS) is 16.4. The Labute approximate surface area is 117 Å². The Bertz CT molecular complexity index is 577. The van der Waals surface area contributed by atoms with Crippen molar-refractivity contribution in [3.63, 3.8) is 0 Å². The zero-order valence-electron chi connectivity index (χ0n) is 11.2. The minimum atomic E-state index is -0.265. The van der Waals surface area contributed by atoms with Gasteiger partial charge >= 0.3 is 0 Å². The lowest BCUT2D eigenvalue weighted by Crippen LogP contribution is -2.40. The molecule has 0 radical (unpaired) electrons. The summed E-state index contributed by atoms with van der Waals surface area (Å²) in [7, 11) is 0. The number of piperidine rings is 1. The maximum Gasteiger partial charge on any atom is 0.151 e. The molecular weight excluding hydrogens is 255 g/mol. The van der Waals surface area contributed by atoms with Crippen LogP contribution in [0.1, 0.15) is 12.8 Å². The van der Waals surface area contributed by atoms with E-state index in [1.807, 2.05) is 18.2 Å². The molecule has 20 heavy (non-hydrogen) atoms. The van der Waals surface area contributed by atoms with E-state index in [0.717, 1.165) is 37.3 Å². The van der Waals surface area contributed by atoms with Crippen LogP contribution in [-0.4, -0.2) is 29.3 Å². The molecule has 104 valence electrons. The summed E-state index contributed by atoms with van der Waals surface area (Å²) in [6, 6.07) is 10.5. The predicted molar refractivity (Wildman–Crippen MR) is 76.8 cm³/mol. The molecule has 1 aromatic heterocycles. The lowest BCUT2D eigenvalue weighted by atomic mass is 10.1. The van der Waals surface area contributed by atoms with E-state index in [1.165, 1.54) is 12.1 Å². The van der Waals surface area contributed by atoms with Gasteiger partial charge in [0.2, 0.25) is 0 Å². The van der Waals surface area contributed by atoms with Crippen molar-refractivity contribution in [1.29, 1.82) is 0 Å². The maximum absolute atomic E-state index is 13.2. The highest BCUT2D eigenvalue weighted by Gasteiger charge is 2.17. The van der Waals surface area contributed by atoms with Crippen LogP contribution in [0.5, 0.6) is 0 Å². The van der Waals surface area contributed by atoms with Crippen LogP contribution in [-0.2, 0) is 0 Å². The van der Waals surface area contributed by atoms with E-state index in [-0.39, 0.29) is 5.82 Å². The Morgan fingerprint density at radius 1 is 1.10 bits per heavy atom. The first kappa shape index (κ1) is 13.0. The van der Waals surface area contributed by atoms with Gasteiger partial charge in [0.25, 0.3) is 0 Å². The molecule has 1 fully saturated rings. The molecule has 0 amide bonds. The molecule has 4 nitrogen and oxygen atoms in total. The average molecular weight is 272 g/mol. The summed E-state index contributed by atoms with van der Waals surface area (Å²) in [5.74, 6) is 0.593. The Hall–Kier alpha value is -2.01. The molecule has 2 heterocycles. The predicted octanol–water partition coefficient (Wildman–Crippen LogP) is 2.21. The molecule has 0 saturated carbocycles. The number of nitrogens with two attached hydrogens (primary N) is 1. The number of halogens is 1. The van der Waals surface area contributed by atoms with Crippen molar-refractivity contribution in [2.24, 2.45) is 5.73 Å². The SMILES string of the molecule is NC1CCN(c2ccc(-c3cccc(F)c3)nn2)CC1. The van der Waals surface area contributed by atoms with E-state index in [9.17, 15) is 4.39 Å². The lowest BCUT2D eigenvalue weighted by Gasteiger charge is -2.30. The van der Waals surface area contributed by atoms with E-state index >= 15 is 0 Å². The Morgan fingerprint density at radius 3 is 2.55 bits per heavy atom. The highest BCUT2D eigenvalue weighted by atomic mass is 19.1. The van der Waals surface area contributed by atoms with Gasteiger partial charge in [0.05, 0.1) is 5.69 Å². The lowest BCUT2D eigenvalue weighted by molar-refractivity contribution is 0.497. The third kappa shape index (κ3) is 2.77. The van der Waals surface area contributed by atoms with Gasteiger partial charge in [-0.05, 0) is 37.1 Å². The van der Waals surface area contributed by atoms with Crippen molar-refractivity contribution in [2.45, 2.75) is 18.9 Å². The molecule has 0 atom stereocenters. The third-order valence-electron chi connectivity index (χ3n) is 3.63. The van der Waals surface area contributed by atoms with Gasteiger partial charge in [0.1, 0.15) is 5.82 Å². The first-order valence-electron chi connectivity index (χ1n) is 6.82. The Kier molecular flexibility index (Phi) is 3.60. The summed E-state index contributed by atoms with van der Waals surface area (Å²) in [5.41, 5.74) is 7.31. The molecule has 0 spiro atoms. The molecule has 1 saturated heterocycles. The van der Waals surface area contributed by atoms with Gasteiger partial charge in [0.15, 0.2) is 5.82 Å². The van der Waals surface area contributed by atoms with Crippen LogP contribution in [0.2, 0.25) is 0 Å². The van der Waals surface area contributed by atoms with E-state index < -0.39 is 0 Å². The fourth-order valence-electron chi connectivity index (χ4n) is 2.42. The zero-order chi connectivity index (χ0) is 13.9. The molecule has 0 bridgehead atoms. The second-order valence-electron chi connectivity index (χ2n) is 5.11. The minimum Gasteiger partial charge on any atom is -0.355 e. The molecule has 3 rings (SSSR count). The van der Waals surface area contributed by atoms with Gasteiger partial charge in [-0.25, -0.2) is 4.39 Å². The van der Waals surface area contributed by atoms with E-state index in [2.05, 4.69) is 15.1 Å². The van der Waals surface area contributed by atoms with Crippen LogP contribution < -0.4 is 10.6 Å². The van der Waals surface area contributed by atoms with Gasteiger partial charge in [-0.1, -0.05) is 12.1 Å². The van der Waals surface area contributed by atoms with Gasteiger partial charge < -0.3 is 10.6 Å². The second kappa shape index (κ2) is 5.54. The van der Waals surface area contributed by atoms with Gasteiger partial charge in [-0.3, -0.25) is 0 Å². The number of benzene rings is 1. The van der Waals surface area contributed by atoms with Crippen molar-refractivity contribution in [3.8, 4) is 11.3 Å². The van der Waals surface area contributed by atoms with E-state index in [4.69, 9.17) is 5.73 Å². The van der Waals surface area contributed by atoms with Crippen molar-refractivity contribution < 1.29 is 4.39 Å². The molecule has 5 heteroatoms. The number of hydrogen-bond donors (Lipinski definition) is 1. The van der Waals surface area contributed by atoms with E-state index in [0.29, 0.717) is 11.7 Å². The number of rotatable bonds is 2. The standard InChI is InChI=1S/C15H17FN4/c16-12-3-1-2-11(10-12)14-4-5-15(19-18-14)20-8-6-13(17)7-9-20/h1-5,10,13H,6-9,17H2. The first-order chi connectivity index (χ1) is 9.72. The third-order valence-corrected chi connectivity index (χ3v) is 3.63. The van der Waals surface area contributed by atoms with Crippen molar-refractivity contribution in [2.75, 3.05) is 18.0 Å². The monoisotopic (exact) mass is 272 g/mol. The molecule has 0 unspecified atom stereocenters. The molecule has 1 aromatic carbocycles. The summed E-state index contributed by atoms with van der Waals surface area (Å²) in [5, 5.41) is 8.44. The molecule has 2 aromatic rings. The van der Waals surface area contributed by atoms with Crippen molar-refractivity contribution >= 4 is 5.82 Å². The highest BCUT2D eigenvalue weighted by molar-refractivity contribution is 5.59. The summed E-state index contributed by atoms with van der Waals surface area (Å²) in [4.78, 5) is 2.19. The summed E-state index contributed by atoms with van der Waals surface area (Å²) in [6.07, 6.45) is 1.96. The molecular formula is C15H17FN4. The van der Waals surface area contributed by atoms with E-state index in [1.54, 1.807) is 6.07 Å². The minimum absolute atomic E-state index is 0.265. The Morgan fingerprint density at radius 2 is 1.90 bits per heavy atom. The van der Waals surface area contributed by atoms with Gasteiger partial charge in [0, 0.05) is 24.7 Å². The van der Waals surface area contributed by atoms with Crippen molar-refractivity contribution in [1.82, 2.24) is 10.2 Å². The topological polar surface area (TPSA) is 55.0 Å². The number of nitrogens with zero attached hydrogens (tertiary/aromatic N) is 3. The quantitative estimate of drug-likeness (QED) is 0.910. The smallest absolute Gasteiger partial charge is 0.151 e. The first-order valence-corrected chi connectivity index (χ1v) is 6.82. The van der Waals surface area contributed by atoms with Crippen LogP contribution in [0.3, 0.4) is 0 Å². The number of aromatic nitrogens is 2. The van der Waals surface area contributed by atoms with Gasteiger partial charge in [-0.2, -0.15) is 0 Å². The van der Waals surface area contributed by atoms with Crippen LogP contribution >= 0.6 is 0 Å². The fraction of sp³-hybridized carbons (Fsp3) is 0.333. The van der Waals surface area contributed by atoms with Crippen LogP contribution in [0.4, 0.5) is 10.2 Å². The van der Waals surface area contributed by atoms with Crippen LogP contribution in [0.15, 0.2) is 36.4 Å². The largest absolute Gasteiger partial charge is 0.355 e. The second-order valence-corrected chi connectivity index (χ2v) is 5.11. The summed E-state index contributed by atoms with van der Waals surface area (Å²) >= 11 is 0. The maximum atomic E-state index is 13.2. The summed E-state index contributed by atoms with van der Waals surface area (Å²) < 4.78 is 13.2. The Balaban J connectivity index is 1.78.